The van der Waals surface area contributed by atoms with Crippen LogP contribution in [0.4, 0.5) is 0 Å². The summed E-state index contributed by atoms with van der Waals surface area (Å²) in [4.78, 5) is 0. The Morgan fingerprint density at radius 1 is 1.05 bits per heavy atom. The van der Waals surface area contributed by atoms with E-state index >= 15 is 0 Å². The van der Waals surface area contributed by atoms with Crippen molar-refractivity contribution in [2.75, 3.05) is 24.3 Å². The summed E-state index contributed by atoms with van der Waals surface area (Å²) in [7, 11) is -6.43. The number of sulfone groups is 1. The molecule has 0 amide bonds. The van der Waals surface area contributed by atoms with E-state index in [9.17, 15) is 16.8 Å². The average molecular weight is 311 g/mol. The molecule has 7 heteroatoms. The van der Waals surface area contributed by atoms with Gasteiger partial charge in [0.05, 0.1) is 11.5 Å². The third-order valence-corrected chi connectivity index (χ3v) is 6.64. The number of hydrogen-bond donors (Lipinski definition) is 0. The molecule has 5 nitrogen and oxygen atoms in total. The summed E-state index contributed by atoms with van der Waals surface area (Å²) >= 11 is 0. The molecule has 0 aromatic carbocycles. The molecule has 0 radical (unpaired) electrons. The summed E-state index contributed by atoms with van der Waals surface area (Å²) in [6, 6.07) is 0.0215. The Kier molecular flexibility index (Phi) is 5.82. The van der Waals surface area contributed by atoms with Gasteiger partial charge in [-0.2, -0.15) is 4.31 Å². The van der Waals surface area contributed by atoms with Crippen molar-refractivity contribution >= 4 is 19.9 Å². The molecule has 0 unspecified atom stereocenters. The lowest BCUT2D eigenvalue weighted by molar-refractivity contribution is 0.317. The van der Waals surface area contributed by atoms with Crippen LogP contribution in [0.3, 0.4) is 0 Å². The minimum Gasteiger partial charge on any atom is -0.229 e. The van der Waals surface area contributed by atoms with Gasteiger partial charge in [0.1, 0.15) is 9.84 Å². The lowest BCUT2D eigenvalue weighted by Gasteiger charge is -2.27. The predicted molar refractivity (Wildman–Crippen MR) is 77.3 cm³/mol. The van der Waals surface area contributed by atoms with Gasteiger partial charge in [-0.15, -0.1) is 0 Å². The normalized spacial score (nSPS) is 27.1. The van der Waals surface area contributed by atoms with Gasteiger partial charge in [-0.05, 0) is 32.1 Å². The molecule has 114 valence electrons. The molecule has 1 aliphatic heterocycles. The van der Waals surface area contributed by atoms with Gasteiger partial charge in [0.2, 0.25) is 10.0 Å². The Hall–Kier alpha value is -0.140. The van der Waals surface area contributed by atoms with Gasteiger partial charge in [-0.3, -0.25) is 0 Å². The second-order valence-corrected chi connectivity index (χ2v) is 10.1. The van der Waals surface area contributed by atoms with Crippen LogP contribution in [-0.4, -0.2) is 51.5 Å². The summed E-state index contributed by atoms with van der Waals surface area (Å²) in [6.45, 7) is 4.56. The molecule has 1 fully saturated rings. The van der Waals surface area contributed by atoms with Crippen molar-refractivity contribution in [2.24, 2.45) is 5.92 Å². The lowest BCUT2D eigenvalue weighted by Crippen LogP contribution is -2.41. The van der Waals surface area contributed by atoms with Crippen molar-refractivity contribution < 1.29 is 16.8 Å². The van der Waals surface area contributed by atoms with E-state index in [1.165, 1.54) is 0 Å². The van der Waals surface area contributed by atoms with Crippen LogP contribution in [0.5, 0.6) is 0 Å². The van der Waals surface area contributed by atoms with Crippen molar-refractivity contribution in [2.45, 2.75) is 45.6 Å². The van der Waals surface area contributed by atoms with E-state index in [0.717, 1.165) is 25.5 Å². The molecule has 0 aromatic rings. The standard InChI is InChI=1S/C12H25NO4S2/c1-11-6-4-7-12(2)13(10-11)19(16,17)9-5-8-18(3,14)15/h11-12H,4-10H2,1-3H3/t11-,12+/m1/s1. The van der Waals surface area contributed by atoms with Crippen molar-refractivity contribution in [3.63, 3.8) is 0 Å². The maximum atomic E-state index is 12.3. The predicted octanol–water partition coefficient (Wildman–Crippen LogP) is 1.26. The van der Waals surface area contributed by atoms with Crippen LogP contribution >= 0.6 is 0 Å². The van der Waals surface area contributed by atoms with E-state index in [4.69, 9.17) is 0 Å². The molecule has 0 spiro atoms. The second kappa shape index (κ2) is 6.54. The number of rotatable bonds is 5. The van der Waals surface area contributed by atoms with Gasteiger partial charge in [-0.1, -0.05) is 13.3 Å². The van der Waals surface area contributed by atoms with Crippen LogP contribution in [0, 0.1) is 5.92 Å². The summed E-state index contributed by atoms with van der Waals surface area (Å²) in [6.07, 6.45) is 4.31. The molecule has 1 aliphatic rings. The quantitative estimate of drug-likeness (QED) is 0.766. The zero-order chi connectivity index (χ0) is 14.7. The Balaban J connectivity index is 2.69. The van der Waals surface area contributed by atoms with Gasteiger partial charge in [0.15, 0.2) is 0 Å². The fraction of sp³-hybridized carbons (Fsp3) is 1.00. The number of nitrogens with zero attached hydrogens (tertiary/aromatic N) is 1. The Morgan fingerprint density at radius 3 is 2.26 bits per heavy atom. The smallest absolute Gasteiger partial charge is 0.214 e. The fourth-order valence-electron chi connectivity index (χ4n) is 2.49. The van der Waals surface area contributed by atoms with Gasteiger partial charge < -0.3 is 0 Å². The zero-order valence-corrected chi connectivity index (χ0v) is 13.6. The minimum absolute atomic E-state index is 0.0215. The molecule has 0 N–H and O–H groups in total. The average Bonchev–Trinajstić information content (AvgIpc) is 2.38. The molecule has 1 heterocycles. The maximum Gasteiger partial charge on any atom is 0.214 e. The van der Waals surface area contributed by atoms with Crippen LogP contribution in [0.15, 0.2) is 0 Å². The molecular weight excluding hydrogens is 286 g/mol. The van der Waals surface area contributed by atoms with Gasteiger partial charge in [-0.25, -0.2) is 16.8 Å². The van der Waals surface area contributed by atoms with Crippen LogP contribution in [-0.2, 0) is 19.9 Å². The fourth-order valence-corrected chi connectivity index (χ4v) is 5.22. The van der Waals surface area contributed by atoms with Gasteiger partial charge >= 0.3 is 0 Å². The molecule has 19 heavy (non-hydrogen) atoms. The highest BCUT2D eigenvalue weighted by Gasteiger charge is 2.30. The highest BCUT2D eigenvalue weighted by molar-refractivity contribution is 7.91. The monoisotopic (exact) mass is 311 g/mol. The van der Waals surface area contributed by atoms with Crippen molar-refractivity contribution in [3.8, 4) is 0 Å². The van der Waals surface area contributed by atoms with Crippen LogP contribution in [0.1, 0.15) is 39.5 Å². The molecule has 0 aliphatic carbocycles. The first-order valence-corrected chi connectivity index (χ1v) is 10.5. The Labute approximate surface area is 117 Å². The zero-order valence-electron chi connectivity index (χ0n) is 12.0. The van der Waals surface area contributed by atoms with Gasteiger partial charge in [0, 0.05) is 18.8 Å². The summed E-state index contributed by atoms with van der Waals surface area (Å²) < 4.78 is 48.3. The maximum absolute atomic E-state index is 12.3. The third kappa shape index (κ3) is 5.79. The molecule has 0 saturated carbocycles. The third-order valence-electron chi connectivity index (χ3n) is 3.58. The molecule has 0 bridgehead atoms. The van der Waals surface area contributed by atoms with Crippen LogP contribution < -0.4 is 0 Å². The Morgan fingerprint density at radius 2 is 1.68 bits per heavy atom. The Bertz CT molecular complexity index is 484. The molecule has 2 atom stereocenters. The lowest BCUT2D eigenvalue weighted by atomic mass is 10.1. The summed E-state index contributed by atoms with van der Waals surface area (Å²) in [5, 5.41) is 0. The largest absolute Gasteiger partial charge is 0.229 e. The summed E-state index contributed by atoms with van der Waals surface area (Å²) in [5.74, 6) is 0.232. The van der Waals surface area contributed by atoms with E-state index in [0.29, 0.717) is 12.5 Å². The number of hydrogen-bond acceptors (Lipinski definition) is 4. The van der Waals surface area contributed by atoms with Crippen molar-refractivity contribution in [3.05, 3.63) is 0 Å². The van der Waals surface area contributed by atoms with Crippen LogP contribution in [0.2, 0.25) is 0 Å². The molecular formula is C12H25NO4S2. The van der Waals surface area contributed by atoms with E-state index in [1.54, 1.807) is 4.31 Å². The van der Waals surface area contributed by atoms with E-state index in [-0.39, 0.29) is 24.0 Å². The highest BCUT2D eigenvalue weighted by atomic mass is 32.2. The molecule has 1 saturated heterocycles. The second-order valence-electron chi connectivity index (χ2n) is 5.75. The molecule has 1 rings (SSSR count). The van der Waals surface area contributed by atoms with E-state index in [2.05, 4.69) is 6.92 Å². The van der Waals surface area contributed by atoms with Crippen LogP contribution in [0.25, 0.3) is 0 Å². The first-order valence-electron chi connectivity index (χ1n) is 6.79. The van der Waals surface area contributed by atoms with Crippen molar-refractivity contribution in [1.82, 2.24) is 4.31 Å². The topological polar surface area (TPSA) is 71.5 Å². The van der Waals surface area contributed by atoms with E-state index < -0.39 is 19.9 Å². The summed E-state index contributed by atoms with van der Waals surface area (Å²) in [5.41, 5.74) is 0. The van der Waals surface area contributed by atoms with E-state index in [1.807, 2.05) is 6.92 Å². The van der Waals surface area contributed by atoms with Gasteiger partial charge in [0.25, 0.3) is 0 Å². The first-order chi connectivity index (χ1) is 8.62. The minimum atomic E-state index is -3.34. The number of sulfonamides is 1. The van der Waals surface area contributed by atoms with Crippen molar-refractivity contribution in [1.29, 1.82) is 0 Å². The molecule has 0 aromatic heterocycles. The SMILES string of the molecule is C[C@@H]1CCC[C@H](C)N(S(=O)(=O)CCCS(C)(=O)=O)C1. The highest BCUT2D eigenvalue weighted by Crippen LogP contribution is 2.23. The first kappa shape index (κ1) is 16.9.